The lowest BCUT2D eigenvalue weighted by atomic mass is 9.72. The van der Waals surface area contributed by atoms with Crippen LogP contribution in [0.1, 0.15) is 24.8 Å². The van der Waals surface area contributed by atoms with Gasteiger partial charge in [-0.1, -0.05) is 36.4 Å². The van der Waals surface area contributed by atoms with E-state index in [2.05, 4.69) is 35.0 Å². The molecule has 0 amide bonds. The molecule has 1 fully saturated rings. The predicted octanol–water partition coefficient (Wildman–Crippen LogP) is 4.02. The molecule has 4 aromatic rings. The molecule has 5 rings (SSSR count). The molecule has 144 valence electrons. The number of aromatic nitrogens is 2. The van der Waals surface area contributed by atoms with Gasteiger partial charge in [0.1, 0.15) is 11.4 Å². The number of fused-ring (bicyclic) bond motifs is 1. The number of nitrogens with zero attached hydrogens (tertiary/aromatic N) is 1. The lowest BCUT2D eigenvalue weighted by Crippen LogP contribution is -2.73. The molecule has 4 N–H and O–H groups in total. The third-order valence-electron chi connectivity index (χ3n) is 5.99. The summed E-state index contributed by atoms with van der Waals surface area (Å²) in [5.41, 5.74) is 9.44. The number of hydrogen-bond acceptors (Lipinski definition) is 2. The van der Waals surface area contributed by atoms with Crippen molar-refractivity contribution in [3.63, 3.8) is 0 Å². The molecule has 0 unspecified atom stereocenters. The lowest BCUT2D eigenvalue weighted by molar-refractivity contribution is -0.509. The molecule has 1 aliphatic rings. The van der Waals surface area contributed by atoms with E-state index in [9.17, 15) is 9.18 Å². The fourth-order valence-corrected chi connectivity index (χ4v) is 4.05. The summed E-state index contributed by atoms with van der Waals surface area (Å²) in [5.74, 6) is -0.299. The highest BCUT2D eigenvalue weighted by atomic mass is 19.1. The number of aromatic amines is 1. The number of nitrogens with one attached hydrogen (secondary N) is 1. The van der Waals surface area contributed by atoms with E-state index in [0.29, 0.717) is 10.9 Å². The molecule has 0 saturated heterocycles. The Morgan fingerprint density at radius 3 is 2.31 bits per heavy atom. The Kier molecular flexibility index (Phi) is 4.07. The monoisotopic (exact) mass is 386 g/mol. The molecule has 29 heavy (non-hydrogen) atoms. The van der Waals surface area contributed by atoms with Crippen molar-refractivity contribution in [2.75, 3.05) is 0 Å². The Morgan fingerprint density at radius 1 is 0.966 bits per heavy atom. The summed E-state index contributed by atoms with van der Waals surface area (Å²) >= 11 is 0. The Labute approximate surface area is 167 Å². The zero-order valence-electron chi connectivity index (χ0n) is 15.9. The summed E-state index contributed by atoms with van der Waals surface area (Å²) in [6.07, 6.45) is 5.06. The van der Waals surface area contributed by atoms with Crippen molar-refractivity contribution in [2.45, 2.75) is 24.8 Å². The third kappa shape index (κ3) is 3.04. The van der Waals surface area contributed by atoms with E-state index in [1.54, 1.807) is 24.4 Å². The van der Waals surface area contributed by atoms with Gasteiger partial charge < -0.3 is 10.7 Å². The molecule has 2 aromatic heterocycles. The molecule has 2 aromatic carbocycles. The van der Waals surface area contributed by atoms with E-state index in [1.165, 1.54) is 24.1 Å². The maximum absolute atomic E-state index is 13.5. The number of quaternary nitrogens is 1. The SMILES string of the molecule is [NH3+]C1(c2ccc(-c3nc4cc[nH]c(=O)c4cc3-c3ccc(F)cc3)cc2)CCC1. The summed E-state index contributed by atoms with van der Waals surface area (Å²) < 4.78 is 13.5. The van der Waals surface area contributed by atoms with Crippen LogP contribution in [0.5, 0.6) is 0 Å². The summed E-state index contributed by atoms with van der Waals surface area (Å²) in [6.45, 7) is 0. The first kappa shape index (κ1) is 17.8. The van der Waals surface area contributed by atoms with Gasteiger partial charge in [-0.2, -0.15) is 0 Å². The van der Waals surface area contributed by atoms with Gasteiger partial charge in [-0.25, -0.2) is 9.37 Å². The maximum Gasteiger partial charge on any atom is 0.257 e. The molecule has 0 radical (unpaired) electrons. The van der Waals surface area contributed by atoms with Gasteiger partial charge >= 0.3 is 0 Å². The molecule has 1 saturated carbocycles. The normalized spacial score (nSPS) is 15.2. The first-order valence-corrected chi connectivity index (χ1v) is 9.78. The Morgan fingerprint density at radius 2 is 1.66 bits per heavy atom. The Bertz CT molecular complexity index is 1260. The molecule has 4 nitrogen and oxygen atoms in total. The van der Waals surface area contributed by atoms with Gasteiger partial charge in [0, 0.05) is 35.7 Å². The van der Waals surface area contributed by atoms with Gasteiger partial charge in [-0.3, -0.25) is 4.79 Å². The smallest absolute Gasteiger partial charge is 0.257 e. The largest absolute Gasteiger partial charge is 0.349 e. The summed E-state index contributed by atoms with van der Waals surface area (Å²) in [5, 5.41) is 0.512. The van der Waals surface area contributed by atoms with Crippen LogP contribution >= 0.6 is 0 Å². The molecular weight excluding hydrogens is 365 g/mol. The average Bonchev–Trinajstić information content (AvgIpc) is 2.72. The van der Waals surface area contributed by atoms with Crippen LogP contribution in [0.25, 0.3) is 33.3 Å². The number of benzene rings is 2. The zero-order chi connectivity index (χ0) is 20.0. The van der Waals surface area contributed by atoms with Gasteiger partial charge in [0.15, 0.2) is 0 Å². The lowest BCUT2D eigenvalue weighted by Gasteiger charge is -2.34. The van der Waals surface area contributed by atoms with Gasteiger partial charge in [-0.15, -0.1) is 0 Å². The fraction of sp³-hybridized carbons (Fsp3) is 0.167. The maximum atomic E-state index is 13.5. The van der Waals surface area contributed by atoms with E-state index in [0.717, 1.165) is 35.2 Å². The average molecular weight is 386 g/mol. The van der Waals surface area contributed by atoms with Crippen molar-refractivity contribution in [2.24, 2.45) is 0 Å². The van der Waals surface area contributed by atoms with Crippen molar-refractivity contribution >= 4 is 10.9 Å². The minimum atomic E-state index is -0.299. The molecule has 0 spiro atoms. The van der Waals surface area contributed by atoms with E-state index >= 15 is 0 Å². The molecule has 5 heteroatoms. The molecule has 2 heterocycles. The first-order valence-electron chi connectivity index (χ1n) is 9.78. The number of hydrogen-bond donors (Lipinski definition) is 2. The number of halogens is 1. The van der Waals surface area contributed by atoms with Crippen LogP contribution in [-0.2, 0) is 5.54 Å². The van der Waals surface area contributed by atoms with Crippen molar-refractivity contribution in [1.82, 2.24) is 9.97 Å². The third-order valence-corrected chi connectivity index (χ3v) is 5.99. The van der Waals surface area contributed by atoms with Crippen LogP contribution in [-0.4, -0.2) is 9.97 Å². The van der Waals surface area contributed by atoms with Crippen LogP contribution in [0.4, 0.5) is 4.39 Å². The van der Waals surface area contributed by atoms with E-state index in [4.69, 9.17) is 4.98 Å². The fourth-order valence-electron chi connectivity index (χ4n) is 4.05. The van der Waals surface area contributed by atoms with Crippen molar-refractivity contribution in [3.05, 3.63) is 88.6 Å². The molecule has 0 aliphatic heterocycles. The second kappa shape index (κ2) is 6.64. The summed E-state index contributed by atoms with van der Waals surface area (Å²) in [7, 11) is 0. The van der Waals surface area contributed by atoms with E-state index in [-0.39, 0.29) is 16.9 Å². The van der Waals surface area contributed by atoms with Crippen LogP contribution < -0.4 is 11.3 Å². The van der Waals surface area contributed by atoms with Crippen molar-refractivity contribution in [3.8, 4) is 22.4 Å². The number of rotatable bonds is 3. The highest BCUT2D eigenvalue weighted by Gasteiger charge is 2.38. The predicted molar refractivity (Wildman–Crippen MR) is 112 cm³/mol. The molecule has 1 aliphatic carbocycles. The van der Waals surface area contributed by atoms with Gasteiger partial charge in [0.2, 0.25) is 0 Å². The van der Waals surface area contributed by atoms with Crippen LogP contribution in [0.15, 0.2) is 71.7 Å². The molecule has 0 atom stereocenters. The van der Waals surface area contributed by atoms with Gasteiger partial charge in [-0.05, 0) is 36.2 Å². The molecule has 0 bridgehead atoms. The topological polar surface area (TPSA) is 73.4 Å². The van der Waals surface area contributed by atoms with Crippen LogP contribution in [0.3, 0.4) is 0 Å². The highest BCUT2D eigenvalue weighted by Crippen LogP contribution is 2.38. The quantitative estimate of drug-likeness (QED) is 0.558. The van der Waals surface area contributed by atoms with Crippen LogP contribution in [0, 0.1) is 5.82 Å². The minimum Gasteiger partial charge on any atom is -0.349 e. The van der Waals surface area contributed by atoms with Crippen molar-refractivity contribution in [1.29, 1.82) is 0 Å². The minimum absolute atomic E-state index is 0.0302. The molecular formula is C24H21FN3O+. The Hall–Kier alpha value is -3.31. The van der Waals surface area contributed by atoms with Gasteiger partial charge in [0.25, 0.3) is 5.56 Å². The van der Waals surface area contributed by atoms with Gasteiger partial charge in [0.05, 0.1) is 16.6 Å². The summed E-state index contributed by atoms with van der Waals surface area (Å²) in [6, 6.07) is 18.3. The zero-order valence-corrected chi connectivity index (χ0v) is 15.9. The second-order valence-electron chi connectivity index (χ2n) is 7.84. The van der Waals surface area contributed by atoms with Crippen LogP contribution in [0.2, 0.25) is 0 Å². The first-order chi connectivity index (χ1) is 14.0. The standard InChI is InChI=1S/C24H20FN3O/c25-18-8-4-15(5-9-18)19-14-20-21(10-13-27-23(20)29)28-22(19)16-2-6-17(7-3-16)24(26)11-1-12-24/h2-10,13-14H,1,11-12,26H2,(H,27,29)/p+1. The summed E-state index contributed by atoms with van der Waals surface area (Å²) in [4.78, 5) is 19.8. The number of H-pyrrole nitrogens is 1. The second-order valence-corrected chi connectivity index (χ2v) is 7.84. The van der Waals surface area contributed by atoms with E-state index < -0.39 is 0 Å². The highest BCUT2D eigenvalue weighted by molar-refractivity contribution is 5.91. The van der Waals surface area contributed by atoms with E-state index in [1.807, 2.05) is 6.07 Å². The Balaban J connectivity index is 1.70. The number of pyridine rings is 2. The van der Waals surface area contributed by atoms with Crippen molar-refractivity contribution < 1.29 is 10.1 Å².